The SMILES string of the molecule is COc1ccc(/C=C/C(=O)NCc2cccc(OC(C)C)c2)c(OC)c1OC. The Kier molecular flexibility index (Phi) is 7.75. The minimum Gasteiger partial charge on any atom is -0.493 e. The van der Waals surface area contributed by atoms with E-state index in [9.17, 15) is 4.79 Å². The lowest BCUT2D eigenvalue weighted by Gasteiger charge is -2.14. The monoisotopic (exact) mass is 385 g/mol. The number of carbonyl (C=O) groups is 1. The molecule has 0 radical (unpaired) electrons. The molecule has 0 aliphatic rings. The molecule has 0 fully saturated rings. The van der Waals surface area contributed by atoms with Gasteiger partial charge >= 0.3 is 0 Å². The first-order valence-electron chi connectivity index (χ1n) is 8.99. The largest absolute Gasteiger partial charge is 0.493 e. The molecule has 6 heteroatoms. The number of nitrogens with one attached hydrogen (secondary N) is 1. The lowest BCUT2D eigenvalue weighted by molar-refractivity contribution is -0.116. The Morgan fingerprint density at radius 2 is 1.79 bits per heavy atom. The van der Waals surface area contributed by atoms with E-state index in [1.54, 1.807) is 32.4 Å². The Labute approximate surface area is 166 Å². The van der Waals surface area contributed by atoms with Crippen molar-refractivity contribution < 1.29 is 23.7 Å². The fourth-order valence-corrected chi connectivity index (χ4v) is 2.67. The van der Waals surface area contributed by atoms with E-state index in [2.05, 4.69) is 5.32 Å². The number of ether oxygens (including phenoxy) is 4. The van der Waals surface area contributed by atoms with Gasteiger partial charge in [0.1, 0.15) is 5.75 Å². The van der Waals surface area contributed by atoms with Crippen molar-refractivity contribution in [2.45, 2.75) is 26.5 Å². The summed E-state index contributed by atoms with van der Waals surface area (Å²) >= 11 is 0. The van der Waals surface area contributed by atoms with Gasteiger partial charge in [-0.1, -0.05) is 12.1 Å². The average molecular weight is 385 g/mol. The van der Waals surface area contributed by atoms with Crippen molar-refractivity contribution in [3.05, 3.63) is 53.6 Å². The Bertz CT molecular complexity index is 830. The highest BCUT2D eigenvalue weighted by Gasteiger charge is 2.14. The van der Waals surface area contributed by atoms with Crippen molar-refractivity contribution in [3.63, 3.8) is 0 Å². The molecule has 2 aromatic carbocycles. The molecule has 2 rings (SSSR count). The molecule has 1 amide bonds. The van der Waals surface area contributed by atoms with Crippen LogP contribution in [0.1, 0.15) is 25.0 Å². The van der Waals surface area contributed by atoms with Crippen LogP contribution < -0.4 is 24.3 Å². The molecule has 0 atom stereocenters. The van der Waals surface area contributed by atoms with Gasteiger partial charge < -0.3 is 24.3 Å². The van der Waals surface area contributed by atoms with Gasteiger partial charge in [-0.2, -0.15) is 0 Å². The fourth-order valence-electron chi connectivity index (χ4n) is 2.67. The Morgan fingerprint density at radius 3 is 2.43 bits per heavy atom. The number of benzene rings is 2. The number of carbonyl (C=O) groups excluding carboxylic acids is 1. The van der Waals surface area contributed by atoms with E-state index in [0.29, 0.717) is 29.4 Å². The number of rotatable bonds is 9. The lowest BCUT2D eigenvalue weighted by atomic mass is 10.1. The molecule has 0 aromatic heterocycles. The van der Waals surface area contributed by atoms with Crippen molar-refractivity contribution in [3.8, 4) is 23.0 Å². The van der Waals surface area contributed by atoms with Crippen LogP contribution in [-0.2, 0) is 11.3 Å². The minimum absolute atomic E-state index is 0.101. The second-order valence-corrected chi connectivity index (χ2v) is 6.29. The first-order chi connectivity index (χ1) is 13.5. The molecule has 0 unspecified atom stereocenters. The van der Waals surface area contributed by atoms with Gasteiger partial charge in [0.25, 0.3) is 0 Å². The molecule has 6 nitrogen and oxygen atoms in total. The van der Waals surface area contributed by atoms with Crippen LogP contribution in [0.2, 0.25) is 0 Å². The summed E-state index contributed by atoms with van der Waals surface area (Å²) in [7, 11) is 4.64. The molecular formula is C22H27NO5. The van der Waals surface area contributed by atoms with Crippen LogP contribution in [0.4, 0.5) is 0 Å². The summed E-state index contributed by atoms with van der Waals surface area (Å²) in [6.45, 7) is 4.35. The third kappa shape index (κ3) is 5.67. The molecule has 2 aromatic rings. The van der Waals surface area contributed by atoms with Gasteiger partial charge in [-0.3, -0.25) is 4.79 Å². The van der Waals surface area contributed by atoms with Crippen LogP contribution in [0.25, 0.3) is 6.08 Å². The highest BCUT2D eigenvalue weighted by atomic mass is 16.5. The molecule has 0 spiro atoms. The number of hydrogen-bond donors (Lipinski definition) is 1. The highest BCUT2D eigenvalue weighted by Crippen LogP contribution is 2.40. The zero-order chi connectivity index (χ0) is 20.5. The fraction of sp³-hybridized carbons (Fsp3) is 0.318. The lowest BCUT2D eigenvalue weighted by Crippen LogP contribution is -2.20. The first-order valence-corrected chi connectivity index (χ1v) is 8.99. The zero-order valence-electron chi connectivity index (χ0n) is 16.9. The van der Waals surface area contributed by atoms with Crippen LogP contribution >= 0.6 is 0 Å². The maximum atomic E-state index is 12.2. The molecule has 1 N–H and O–H groups in total. The Balaban J connectivity index is 2.04. The quantitative estimate of drug-likeness (QED) is 0.665. The first kappa shape index (κ1) is 21.2. The van der Waals surface area contributed by atoms with Crippen LogP contribution in [0.15, 0.2) is 42.5 Å². The molecule has 28 heavy (non-hydrogen) atoms. The van der Waals surface area contributed by atoms with Gasteiger partial charge in [0.2, 0.25) is 11.7 Å². The van der Waals surface area contributed by atoms with Gasteiger partial charge in [-0.05, 0) is 49.8 Å². The van der Waals surface area contributed by atoms with E-state index < -0.39 is 0 Å². The average Bonchev–Trinajstić information content (AvgIpc) is 2.69. The molecule has 0 saturated heterocycles. The van der Waals surface area contributed by atoms with Crippen molar-refractivity contribution in [2.75, 3.05) is 21.3 Å². The minimum atomic E-state index is -0.216. The van der Waals surface area contributed by atoms with E-state index in [1.165, 1.54) is 13.2 Å². The smallest absolute Gasteiger partial charge is 0.244 e. The summed E-state index contributed by atoms with van der Waals surface area (Å²) in [5.74, 6) is 2.11. The van der Waals surface area contributed by atoms with Crippen LogP contribution in [0.3, 0.4) is 0 Å². The maximum Gasteiger partial charge on any atom is 0.244 e. The molecule has 0 heterocycles. The van der Waals surface area contributed by atoms with E-state index in [1.807, 2.05) is 38.1 Å². The topological polar surface area (TPSA) is 66.0 Å². The van der Waals surface area contributed by atoms with Gasteiger partial charge in [0.05, 0.1) is 27.4 Å². The third-order valence-corrected chi connectivity index (χ3v) is 3.89. The second-order valence-electron chi connectivity index (χ2n) is 6.29. The maximum absolute atomic E-state index is 12.2. The summed E-state index contributed by atoms with van der Waals surface area (Å²) in [4.78, 5) is 12.2. The number of methoxy groups -OCH3 is 3. The van der Waals surface area contributed by atoms with Crippen molar-refractivity contribution >= 4 is 12.0 Å². The van der Waals surface area contributed by atoms with Gasteiger partial charge in [0.15, 0.2) is 11.5 Å². The highest BCUT2D eigenvalue weighted by molar-refractivity contribution is 5.92. The van der Waals surface area contributed by atoms with E-state index in [-0.39, 0.29) is 12.0 Å². The van der Waals surface area contributed by atoms with Gasteiger partial charge in [0, 0.05) is 18.2 Å². The van der Waals surface area contributed by atoms with E-state index in [4.69, 9.17) is 18.9 Å². The van der Waals surface area contributed by atoms with Crippen molar-refractivity contribution in [1.29, 1.82) is 0 Å². The molecule has 0 aliphatic heterocycles. The molecular weight excluding hydrogens is 358 g/mol. The molecule has 0 bridgehead atoms. The zero-order valence-corrected chi connectivity index (χ0v) is 16.9. The summed E-state index contributed by atoms with van der Waals surface area (Å²) in [5, 5.41) is 2.86. The summed E-state index contributed by atoms with van der Waals surface area (Å²) in [6.07, 6.45) is 3.23. The predicted octanol–water partition coefficient (Wildman–Crippen LogP) is 3.83. The van der Waals surface area contributed by atoms with Crippen molar-refractivity contribution in [1.82, 2.24) is 5.32 Å². The number of amides is 1. The number of hydrogen-bond acceptors (Lipinski definition) is 5. The third-order valence-electron chi connectivity index (χ3n) is 3.89. The standard InChI is InChI=1S/C22H27NO5/c1-15(2)28-18-8-6-7-16(13-18)14-23-20(24)12-10-17-9-11-19(25-3)22(27-5)21(17)26-4/h6-13,15H,14H2,1-5H3,(H,23,24)/b12-10+. The van der Waals surface area contributed by atoms with Crippen LogP contribution in [-0.4, -0.2) is 33.3 Å². The van der Waals surface area contributed by atoms with E-state index in [0.717, 1.165) is 11.3 Å². The molecule has 0 saturated carbocycles. The molecule has 0 aliphatic carbocycles. The second kappa shape index (κ2) is 10.3. The molecule has 150 valence electrons. The Hall–Kier alpha value is -3.15. The van der Waals surface area contributed by atoms with E-state index >= 15 is 0 Å². The normalized spacial score (nSPS) is 10.8. The summed E-state index contributed by atoms with van der Waals surface area (Å²) in [6, 6.07) is 11.2. The predicted molar refractivity (Wildman–Crippen MR) is 109 cm³/mol. The summed E-state index contributed by atoms with van der Waals surface area (Å²) in [5.41, 5.74) is 1.67. The van der Waals surface area contributed by atoms with Crippen LogP contribution in [0, 0.1) is 0 Å². The van der Waals surface area contributed by atoms with Crippen LogP contribution in [0.5, 0.6) is 23.0 Å². The van der Waals surface area contributed by atoms with Gasteiger partial charge in [-0.15, -0.1) is 0 Å². The summed E-state index contributed by atoms with van der Waals surface area (Å²) < 4.78 is 21.7. The Morgan fingerprint density at radius 1 is 1.04 bits per heavy atom. The van der Waals surface area contributed by atoms with Crippen molar-refractivity contribution in [2.24, 2.45) is 0 Å². The van der Waals surface area contributed by atoms with Gasteiger partial charge in [-0.25, -0.2) is 0 Å².